The molecule has 0 aliphatic carbocycles. The number of likely N-dealkylation sites (tertiary alicyclic amines) is 1. The van der Waals surface area contributed by atoms with E-state index in [-0.39, 0.29) is 0 Å². The maximum Gasteiger partial charge on any atom is 0.416 e. The smallest absolute Gasteiger partial charge is 0.387 e. The van der Waals surface area contributed by atoms with Crippen LogP contribution < -0.4 is 0 Å². The van der Waals surface area contributed by atoms with Gasteiger partial charge in [0.1, 0.15) is 5.82 Å². The number of hydrogen-bond donors (Lipinski definition) is 2. The molecule has 1 aliphatic heterocycles. The highest BCUT2D eigenvalue weighted by atomic mass is 19.4. The molecule has 0 saturated carbocycles. The van der Waals surface area contributed by atoms with Crippen LogP contribution in [0.3, 0.4) is 0 Å². The molecule has 0 amide bonds. The molecular formula is C17H20F3N3O. The van der Waals surface area contributed by atoms with Crippen molar-refractivity contribution in [3.05, 3.63) is 53.6 Å². The number of aliphatic hydroxyl groups excluding tert-OH is 1. The summed E-state index contributed by atoms with van der Waals surface area (Å²) in [6.07, 6.45) is 0.330. The van der Waals surface area contributed by atoms with Crippen LogP contribution in [0.1, 0.15) is 41.8 Å². The fraction of sp³-hybridized carbons (Fsp3) is 0.471. The first-order valence-corrected chi connectivity index (χ1v) is 8.00. The molecule has 0 bridgehead atoms. The van der Waals surface area contributed by atoms with E-state index in [1.54, 1.807) is 6.20 Å². The zero-order valence-electron chi connectivity index (χ0n) is 13.1. The molecule has 7 heteroatoms. The van der Waals surface area contributed by atoms with Crippen LogP contribution in [-0.2, 0) is 6.18 Å². The first-order chi connectivity index (χ1) is 11.4. The number of nitrogens with zero attached hydrogens (tertiary/aromatic N) is 2. The molecule has 0 spiro atoms. The number of β-amino-alcohol motifs (C(OH)–C–C–N with tert-alkyl or cyclic N) is 1. The van der Waals surface area contributed by atoms with Crippen LogP contribution in [0.5, 0.6) is 0 Å². The Hall–Kier alpha value is -1.86. The maximum atomic E-state index is 12.6. The van der Waals surface area contributed by atoms with Gasteiger partial charge in [-0.05, 0) is 43.6 Å². The summed E-state index contributed by atoms with van der Waals surface area (Å²) < 4.78 is 37.7. The Balaban J connectivity index is 1.53. The fourth-order valence-electron chi connectivity index (χ4n) is 3.13. The lowest BCUT2D eigenvalue weighted by Crippen LogP contribution is -2.36. The van der Waals surface area contributed by atoms with Gasteiger partial charge < -0.3 is 15.0 Å². The molecule has 0 radical (unpaired) electrons. The van der Waals surface area contributed by atoms with Crippen LogP contribution in [0.25, 0.3) is 0 Å². The van der Waals surface area contributed by atoms with Crippen molar-refractivity contribution in [2.45, 2.75) is 31.0 Å². The molecule has 24 heavy (non-hydrogen) atoms. The van der Waals surface area contributed by atoms with Gasteiger partial charge in [-0.3, -0.25) is 0 Å². The molecule has 2 aromatic rings. The minimum absolute atomic E-state index is 0.402. The molecule has 2 heterocycles. The van der Waals surface area contributed by atoms with Crippen LogP contribution in [0.4, 0.5) is 13.2 Å². The van der Waals surface area contributed by atoms with E-state index in [4.69, 9.17) is 0 Å². The minimum Gasteiger partial charge on any atom is -0.387 e. The molecule has 1 aliphatic rings. The summed E-state index contributed by atoms with van der Waals surface area (Å²) in [6, 6.07) is 4.73. The Morgan fingerprint density at radius 2 is 1.88 bits per heavy atom. The van der Waals surface area contributed by atoms with Crippen LogP contribution in [0.2, 0.25) is 0 Å². The van der Waals surface area contributed by atoms with Crippen molar-refractivity contribution in [2.24, 2.45) is 0 Å². The van der Waals surface area contributed by atoms with Gasteiger partial charge in [0.2, 0.25) is 0 Å². The average molecular weight is 339 g/mol. The number of nitrogens with one attached hydrogen (secondary N) is 1. The van der Waals surface area contributed by atoms with Crippen molar-refractivity contribution < 1.29 is 18.3 Å². The monoisotopic (exact) mass is 339 g/mol. The van der Waals surface area contributed by atoms with Gasteiger partial charge in [0, 0.05) is 24.9 Å². The lowest BCUT2D eigenvalue weighted by atomic mass is 9.95. The van der Waals surface area contributed by atoms with E-state index in [1.165, 1.54) is 12.1 Å². The van der Waals surface area contributed by atoms with Crippen molar-refractivity contribution in [3.8, 4) is 0 Å². The SMILES string of the molecule is O[C@@H](CN1CCC(c2ncc[nH]2)CC1)c1ccc(C(F)(F)F)cc1. The number of alkyl halides is 3. The number of halogens is 3. The standard InChI is InChI=1S/C17H20F3N3O/c18-17(19,20)14-3-1-12(2-4-14)15(24)11-23-9-5-13(6-10-23)16-21-7-8-22-16/h1-4,7-8,13,15,24H,5-6,9-11H2,(H,21,22)/t15-/m0/s1. The van der Waals surface area contributed by atoms with Gasteiger partial charge >= 0.3 is 6.18 Å². The highest BCUT2D eigenvalue weighted by Crippen LogP contribution is 2.30. The topological polar surface area (TPSA) is 52.1 Å². The van der Waals surface area contributed by atoms with E-state index < -0.39 is 17.8 Å². The van der Waals surface area contributed by atoms with Gasteiger partial charge in [-0.25, -0.2) is 4.98 Å². The number of benzene rings is 1. The number of piperidine rings is 1. The van der Waals surface area contributed by atoms with Crippen molar-refractivity contribution in [3.63, 3.8) is 0 Å². The Morgan fingerprint density at radius 3 is 2.42 bits per heavy atom. The molecule has 4 nitrogen and oxygen atoms in total. The van der Waals surface area contributed by atoms with Gasteiger partial charge in [-0.1, -0.05) is 12.1 Å². The summed E-state index contributed by atoms with van der Waals surface area (Å²) in [6.45, 7) is 2.10. The Kier molecular flexibility index (Phi) is 4.91. The highest BCUT2D eigenvalue weighted by Gasteiger charge is 2.30. The second kappa shape index (κ2) is 6.94. The molecular weight excluding hydrogens is 319 g/mol. The molecule has 2 N–H and O–H groups in total. The van der Waals surface area contributed by atoms with E-state index in [2.05, 4.69) is 14.9 Å². The van der Waals surface area contributed by atoms with Crippen molar-refractivity contribution in [1.82, 2.24) is 14.9 Å². The van der Waals surface area contributed by atoms with Crippen molar-refractivity contribution in [1.29, 1.82) is 0 Å². The zero-order chi connectivity index (χ0) is 17.2. The summed E-state index contributed by atoms with van der Waals surface area (Å²) in [7, 11) is 0. The molecule has 0 unspecified atom stereocenters. The average Bonchev–Trinajstić information content (AvgIpc) is 3.09. The number of imidazole rings is 1. The van der Waals surface area contributed by atoms with Crippen molar-refractivity contribution >= 4 is 0 Å². The summed E-state index contributed by atoms with van der Waals surface area (Å²) >= 11 is 0. The molecule has 130 valence electrons. The van der Waals surface area contributed by atoms with Crippen LogP contribution in [0, 0.1) is 0 Å². The largest absolute Gasteiger partial charge is 0.416 e. The summed E-state index contributed by atoms with van der Waals surface area (Å²) in [5, 5.41) is 10.3. The van der Waals surface area contributed by atoms with Gasteiger partial charge in [-0.2, -0.15) is 13.2 Å². The second-order valence-corrected chi connectivity index (χ2v) is 6.18. The summed E-state index contributed by atoms with van der Waals surface area (Å²) in [5.74, 6) is 1.40. The Labute approximate surface area is 138 Å². The van der Waals surface area contributed by atoms with Gasteiger partial charge in [0.15, 0.2) is 0 Å². The first-order valence-electron chi connectivity index (χ1n) is 8.00. The third-order valence-corrected chi connectivity index (χ3v) is 4.55. The normalized spacial score (nSPS) is 18.7. The third kappa shape index (κ3) is 3.96. The fourth-order valence-corrected chi connectivity index (χ4v) is 3.13. The summed E-state index contributed by atoms with van der Waals surface area (Å²) in [5.41, 5.74) is -0.186. The molecule has 1 saturated heterocycles. The zero-order valence-corrected chi connectivity index (χ0v) is 13.1. The minimum atomic E-state index is -4.35. The van der Waals surface area contributed by atoms with E-state index in [0.717, 1.165) is 43.9 Å². The molecule has 1 aromatic heterocycles. The van der Waals surface area contributed by atoms with Crippen molar-refractivity contribution in [2.75, 3.05) is 19.6 Å². The van der Waals surface area contributed by atoms with Gasteiger partial charge in [0.05, 0.1) is 11.7 Å². The van der Waals surface area contributed by atoms with Crippen LogP contribution >= 0.6 is 0 Å². The molecule has 1 aromatic carbocycles. The van der Waals surface area contributed by atoms with E-state index in [9.17, 15) is 18.3 Å². The number of aromatic nitrogens is 2. The number of H-pyrrole nitrogens is 1. The molecule has 1 atom stereocenters. The lowest BCUT2D eigenvalue weighted by Gasteiger charge is -2.32. The quantitative estimate of drug-likeness (QED) is 0.898. The summed E-state index contributed by atoms with van der Waals surface area (Å²) in [4.78, 5) is 9.56. The number of aromatic amines is 1. The van der Waals surface area contributed by atoms with E-state index >= 15 is 0 Å². The predicted molar refractivity (Wildman–Crippen MR) is 83.4 cm³/mol. The Morgan fingerprint density at radius 1 is 1.21 bits per heavy atom. The number of hydrogen-bond acceptors (Lipinski definition) is 3. The Bertz CT molecular complexity index is 632. The van der Waals surface area contributed by atoms with Gasteiger partial charge in [-0.15, -0.1) is 0 Å². The highest BCUT2D eigenvalue weighted by molar-refractivity contribution is 5.26. The number of aliphatic hydroxyl groups is 1. The van der Waals surface area contributed by atoms with E-state index in [1.807, 2.05) is 6.20 Å². The number of rotatable bonds is 4. The van der Waals surface area contributed by atoms with E-state index in [0.29, 0.717) is 18.0 Å². The molecule has 3 rings (SSSR count). The predicted octanol–water partition coefficient (Wildman–Crippen LogP) is 3.34. The van der Waals surface area contributed by atoms with Crippen LogP contribution in [0.15, 0.2) is 36.7 Å². The molecule has 1 fully saturated rings. The second-order valence-electron chi connectivity index (χ2n) is 6.18. The van der Waals surface area contributed by atoms with Gasteiger partial charge in [0.25, 0.3) is 0 Å². The van der Waals surface area contributed by atoms with Crippen LogP contribution in [-0.4, -0.2) is 39.6 Å². The third-order valence-electron chi connectivity index (χ3n) is 4.55. The first kappa shape index (κ1) is 17.0. The lowest BCUT2D eigenvalue weighted by molar-refractivity contribution is -0.137. The maximum absolute atomic E-state index is 12.6.